The van der Waals surface area contributed by atoms with E-state index in [-0.39, 0.29) is 11.7 Å². The Bertz CT molecular complexity index is 884. The highest BCUT2D eigenvalue weighted by atomic mass is 35.5. The van der Waals surface area contributed by atoms with E-state index in [9.17, 15) is 4.79 Å². The molecule has 3 aromatic rings. The zero-order chi connectivity index (χ0) is 18.0. The van der Waals surface area contributed by atoms with Crippen molar-refractivity contribution in [3.8, 4) is 10.7 Å². The minimum Gasteiger partial charge on any atom is -0.335 e. The molecule has 3 rings (SSSR count). The molecule has 0 radical (unpaired) electrons. The van der Waals surface area contributed by atoms with Crippen molar-refractivity contribution in [2.45, 2.75) is 19.0 Å². The van der Waals surface area contributed by atoms with E-state index in [0.717, 1.165) is 16.0 Å². The second-order valence-corrected chi connectivity index (χ2v) is 7.73. The van der Waals surface area contributed by atoms with Crippen LogP contribution < -0.4 is 11.2 Å². The number of nitrogen functional groups attached to an aromatic ring is 1. The van der Waals surface area contributed by atoms with Crippen molar-refractivity contribution >= 4 is 46.3 Å². The van der Waals surface area contributed by atoms with E-state index in [4.69, 9.17) is 17.4 Å². The number of carbonyl (C=O) groups is 1. The summed E-state index contributed by atoms with van der Waals surface area (Å²) in [5, 5.41) is 13.9. The lowest BCUT2D eigenvalue weighted by Crippen LogP contribution is -2.17. The van der Waals surface area contributed by atoms with E-state index in [0.29, 0.717) is 21.7 Å². The average molecular weight is 394 g/mol. The number of rotatable bonds is 5. The molecule has 0 saturated carbocycles. The highest BCUT2D eigenvalue weighted by Gasteiger charge is 2.15. The summed E-state index contributed by atoms with van der Waals surface area (Å²) in [6.45, 7) is 3.87. The average Bonchev–Trinajstić information content (AvgIpc) is 3.18. The number of hydrogen-bond acceptors (Lipinski definition) is 6. The molecule has 9 heteroatoms. The maximum atomic E-state index is 12.2. The van der Waals surface area contributed by atoms with E-state index < -0.39 is 0 Å². The van der Waals surface area contributed by atoms with Gasteiger partial charge < -0.3 is 11.2 Å². The molecule has 0 saturated heterocycles. The second-order valence-electron chi connectivity index (χ2n) is 5.43. The molecule has 1 amide bonds. The number of benzene rings is 1. The highest BCUT2D eigenvalue weighted by molar-refractivity contribution is 7.99. The number of nitrogens with one attached hydrogen (secondary N) is 1. The summed E-state index contributed by atoms with van der Waals surface area (Å²) >= 11 is 8.96. The maximum Gasteiger partial charge on any atom is 0.234 e. The van der Waals surface area contributed by atoms with Crippen LogP contribution in [-0.2, 0) is 4.79 Å². The third-order valence-corrected chi connectivity index (χ3v) is 5.54. The molecule has 2 heterocycles. The van der Waals surface area contributed by atoms with Crippen molar-refractivity contribution in [2.24, 2.45) is 0 Å². The normalized spacial score (nSPS) is 10.8. The van der Waals surface area contributed by atoms with E-state index in [1.807, 2.05) is 43.5 Å². The number of amides is 1. The molecule has 3 N–H and O–H groups in total. The summed E-state index contributed by atoms with van der Waals surface area (Å²) in [6, 6.07) is 7.63. The molecule has 0 spiro atoms. The van der Waals surface area contributed by atoms with E-state index in [1.54, 1.807) is 0 Å². The first-order valence-corrected chi connectivity index (χ1v) is 9.64. The molecule has 0 bridgehead atoms. The minimum absolute atomic E-state index is 0.156. The zero-order valence-electron chi connectivity index (χ0n) is 13.6. The summed E-state index contributed by atoms with van der Waals surface area (Å²) in [7, 11) is 0. The molecule has 0 aliphatic rings. The smallest absolute Gasteiger partial charge is 0.234 e. The van der Waals surface area contributed by atoms with E-state index in [1.165, 1.54) is 27.8 Å². The fourth-order valence-electron chi connectivity index (χ4n) is 2.33. The maximum absolute atomic E-state index is 12.2. The predicted octanol–water partition coefficient (Wildman–Crippen LogP) is 3.72. The van der Waals surface area contributed by atoms with Crippen molar-refractivity contribution in [1.29, 1.82) is 0 Å². The van der Waals surface area contributed by atoms with Crippen molar-refractivity contribution < 1.29 is 4.79 Å². The molecule has 0 fully saturated rings. The van der Waals surface area contributed by atoms with Gasteiger partial charge in [-0.2, -0.15) is 0 Å². The van der Waals surface area contributed by atoms with Crippen LogP contribution in [0.5, 0.6) is 0 Å². The molecular formula is C16H16ClN5OS2. The first kappa shape index (κ1) is 17.8. The standard InChI is InChI=1S/C16H16ClN5OS2/c1-9-6-10(2)14(11(17)7-9)19-13(23)8-25-16-21-20-15(22(16)18)12-4-3-5-24-12/h3-7H,8,18H2,1-2H3,(H,19,23). The molecule has 1 aromatic carbocycles. The van der Waals surface area contributed by atoms with Crippen LogP contribution in [0.4, 0.5) is 5.69 Å². The number of hydrogen-bond donors (Lipinski definition) is 2. The summed E-state index contributed by atoms with van der Waals surface area (Å²) in [4.78, 5) is 13.2. The molecule has 25 heavy (non-hydrogen) atoms. The zero-order valence-corrected chi connectivity index (χ0v) is 16.0. The SMILES string of the molecule is Cc1cc(C)c(NC(=O)CSc2nnc(-c3cccs3)n2N)c(Cl)c1. The predicted molar refractivity (Wildman–Crippen MR) is 104 cm³/mol. The first-order valence-electron chi connectivity index (χ1n) is 7.39. The molecule has 0 aliphatic heterocycles. The van der Waals surface area contributed by atoms with Gasteiger partial charge in [0.15, 0.2) is 5.82 Å². The van der Waals surface area contributed by atoms with Crippen molar-refractivity contribution in [3.05, 3.63) is 45.8 Å². The fourth-order valence-corrected chi connectivity index (χ4v) is 4.06. The Labute approximate surface area is 158 Å². The minimum atomic E-state index is -0.181. The molecule has 0 unspecified atom stereocenters. The van der Waals surface area contributed by atoms with Gasteiger partial charge in [0.2, 0.25) is 11.1 Å². The Kier molecular flexibility index (Phi) is 5.31. The van der Waals surface area contributed by atoms with Gasteiger partial charge in [-0.15, -0.1) is 21.5 Å². The summed E-state index contributed by atoms with van der Waals surface area (Å²) in [5.41, 5.74) is 2.60. The van der Waals surface area contributed by atoms with Crippen molar-refractivity contribution in [2.75, 3.05) is 16.9 Å². The Balaban J connectivity index is 1.66. The van der Waals surface area contributed by atoms with E-state index in [2.05, 4.69) is 15.5 Å². The van der Waals surface area contributed by atoms with E-state index >= 15 is 0 Å². The number of aryl methyl sites for hydroxylation is 2. The van der Waals surface area contributed by atoms with Crippen LogP contribution >= 0.6 is 34.7 Å². The Hall–Kier alpha value is -2.03. The number of halogens is 1. The molecular weight excluding hydrogens is 378 g/mol. The van der Waals surface area contributed by atoms with Crippen molar-refractivity contribution in [1.82, 2.24) is 14.9 Å². The lowest BCUT2D eigenvalue weighted by atomic mass is 10.1. The third-order valence-electron chi connectivity index (χ3n) is 3.43. The number of nitrogens with zero attached hydrogens (tertiary/aromatic N) is 3. The molecule has 6 nitrogen and oxygen atoms in total. The van der Waals surface area contributed by atoms with Crippen LogP contribution in [0.25, 0.3) is 10.7 Å². The molecule has 130 valence electrons. The Morgan fingerprint density at radius 2 is 2.20 bits per heavy atom. The monoisotopic (exact) mass is 393 g/mol. The number of carbonyl (C=O) groups excluding carboxylic acids is 1. The lowest BCUT2D eigenvalue weighted by molar-refractivity contribution is -0.113. The molecule has 2 aromatic heterocycles. The van der Waals surface area contributed by atoms with Gasteiger partial charge >= 0.3 is 0 Å². The second kappa shape index (κ2) is 7.47. The van der Waals surface area contributed by atoms with Gasteiger partial charge in [-0.3, -0.25) is 4.79 Å². The lowest BCUT2D eigenvalue weighted by Gasteiger charge is -2.11. The topological polar surface area (TPSA) is 85.8 Å². The Morgan fingerprint density at radius 1 is 1.40 bits per heavy atom. The number of thioether (sulfide) groups is 1. The molecule has 0 aliphatic carbocycles. The van der Waals surface area contributed by atoms with Gasteiger partial charge in [0.1, 0.15) is 0 Å². The van der Waals surface area contributed by atoms with Gasteiger partial charge in [-0.25, -0.2) is 4.68 Å². The van der Waals surface area contributed by atoms with Crippen LogP contribution in [-0.4, -0.2) is 26.5 Å². The van der Waals surface area contributed by atoms with Gasteiger partial charge in [-0.1, -0.05) is 35.5 Å². The number of nitrogens with two attached hydrogens (primary N) is 1. The largest absolute Gasteiger partial charge is 0.335 e. The van der Waals surface area contributed by atoms with Crippen LogP contribution in [0.3, 0.4) is 0 Å². The molecule has 0 atom stereocenters. The highest BCUT2D eigenvalue weighted by Crippen LogP contribution is 2.28. The quantitative estimate of drug-likeness (QED) is 0.509. The van der Waals surface area contributed by atoms with Crippen LogP contribution in [0.15, 0.2) is 34.8 Å². The number of thiophene rings is 1. The Morgan fingerprint density at radius 3 is 2.88 bits per heavy atom. The van der Waals surface area contributed by atoms with Crippen LogP contribution in [0.1, 0.15) is 11.1 Å². The third kappa shape index (κ3) is 3.97. The summed E-state index contributed by atoms with van der Waals surface area (Å²) in [6.07, 6.45) is 0. The number of aromatic nitrogens is 3. The van der Waals surface area contributed by atoms with Crippen LogP contribution in [0.2, 0.25) is 5.02 Å². The number of anilines is 1. The van der Waals surface area contributed by atoms with Gasteiger partial charge in [0, 0.05) is 0 Å². The van der Waals surface area contributed by atoms with Gasteiger partial charge in [0.25, 0.3) is 0 Å². The van der Waals surface area contributed by atoms with Crippen LogP contribution in [0, 0.1) is 13.8 Å². The van der Waals surface area contributed by atoms with Gasteiger partial charge in [-0.05, 0) is 42.5 Å². The summed E-state index contributed by atoms with van der Waals surface area (Å²) in [5.74, 6) is 6.58. The first-order chi connectivity index (χ1) is 12.0. The van der Waals surface area contributed by atoms with Crippen molar-refractivity contribution in [3.63, 3.8) is 0 Å². The fraction of sp³-hybridized carbons (Fsp3) is 0.188. The summed E-state index contributed by atoms with van der Waals surface area (Å²) < 4.78 is 1.40. The van der Waals surface area contributed by atoms with Gasteiger partial charge in [0.05, 0.1) is 21.3 Å².